The van der Waals surface area contributed by atoms with Crippen molar-refractivity contribution >= 4 is 17.8 Å². The summed E-state index contributed by atoms with van der Waals surface area (Å²) in [5, 5.41) is 0. The molecule has 0 aromatic carbocycles. The van der Waals surface area contributed by atoms with Crippen molar-refractivity contribution in [2.24, 2.45) is 0 Å². The number of hydrogen-bond donors (Lipinski definition) is 0. The zero-order valence-corrected chi connectivity index (χ0v) is 16.1. The third-order valence-electron chi connectivity index (χ3n) is 5.53. The van der Waals surface area contributed by atoms with Gasteiger partial charge in [-0.2, -0.15) is 0 Å². The first-order valence-electron chi connectivity index (χ1n) is 9.37. The maximum atomic E-state index is 5.56. The fraction of sp³-hybridized carbons (Fsp3) is 0.824. The molecule has 0 saturated carbocycles. The third-order valence-corrected chi connectivity index (χ3v) is 5.53. The second-order valence-corrected chi connectivity index (χ2v) is 7.32. The Labute approximate surface area is 150 Å². The van der Waals surface area contributed by atoms with E-state index in [4.69, 9.17) is 24.4 Å². The second kappa shape index (κ2) is 7.49. The number of nitrogens with zero attached hydrogens (tertiary/aromatic N) is 6. The standard InChI is InChI=1S/C17H32N6O2/c1-5-21(6-2)15-18-16(22(3)7-11-24-12-8-22)20-17(19-15)23(4)9-13-25-14-10-23/h5-14H2,1-4H3/q+2. The van der Waals surface area contributed by atoms with Gasteiger partial charge in [-0.05, 0) is 13.8 Å². The first-order valence-corrected chi connectivity index (χ1v) is 9.37. The number of ether oxygens (including phenoxy) is 2. The predicted molar refractivity (Wildman–Crippen MR) is 99.9 cm³/mol. The summed E-state index contributed by atoms with van der Waals surface area (Å²) in [6, 6.07) is 0. The van der Waals surface area contributed by atoms with Gasteiger partial charge < -0.3 is 14.4 Å². The normalized spacial score (nSPS) is 22.6. The zero-order chi connectivity index (χ0) is 17.9. The van der Waals surface area contributed by atoms with E-state index in [0.29, 0.717) is 8.97 Å². The molecule has 0 spiro atoms. The number of likely N-dealkylation sites (N-methyl/N-ethyl adjacent to an activating group) is 2. The van der Waals surface area contributed by atoms with Gasteiger partial charge in [-0.25, -0.2) is 0 Å². The molecule has 0 atom stereocenters. The van der Waals surface area contributed by atoms with Gasteiger partial charge in [-0.15, -0.1) is 15.0 Å². The molecule has 8 heteroatoms. The molecule has 2 aliphatic heterocycles. The van der Waals surface area contributed by atoms with Crippen LogP contribution in [-0.2, 0) is 9.47 Å². The summed E-state index contributed by atoms with van der Waals surface area (Å²) in [5.41, 5.74) is 0. The Kier molecular flexibility index (Phi) is 5.52. The summed E-state index contributed by atoms with van der Waals surface area (Å²) >= 11 is 0. The number of quaternary nitrogens is 2. The van der Waals surface area contributed by atoms with Gasteiger partial charge in [0.25, 0.3) is 0 Å². The van der Waals surface area contributed by atoms with Crippen LogP contribution in [0.3, 0.4) is 0 Å². The molecular formula is C17H32N6O2+2. The van der Waals surface area contributed by atoms with Crippen LogP contribution in [0.2, 0.25) is 0 Å². The lowest BCUT2D eigenvalue weighted by atomic mass is 10.3. The van der Waals surface area contributed by atoms with Crippen molar-refractivity contribution < 1.29 is 9.47 Å². The Hall–Kier alpha value is -1.35. The van der Waals surface area contributed by atoms with Gasteiger partial charge in [0, 0.05) is 13.1 Å². The van der Waals surface area contributed by atoms with Gasteiger partial charge in [-0.1, -0.05) is 0 Å². The summed E-state index contributed by atoms with van der Waals surface area (Å²) in [4.78, 5) is 16.9. The SMILES string of the molecule is CCN(CC)c1nc([N+]2(C)CCOCC2)nc([N+]2(C)CCOCC2)n1. The van der Waals surface area contributed by atoms with E-state index in [1.54, 1.807) is 0 Å². The molecule has 2 saturated heterocycles. The minimum Gasteiger partial charge on any atom is -0.370 e. The van der Waals surface area contributed by atoms with E-state index in [2.05, 4.69) is 32.8 Å². The topological polar surface area (TPSA) is 60.4 Å². The molecule has 2 aliphatic rings. The van der Waals surface area contributed by atoms with E-state index >= 15 is 0 Å². The van der Waals surface area contributed by atoms with E-state index in [-0.39, 0.29) is 0 Å². The molecule has 0 radical (unpaired) electrons. The van der Waals surface area contributed by atoms with Crippen molar-refractivity contribution in [3.05, 3.63) is 0 Å². The quantitative estimate of drug-likeness (QED) is 0.726. The molecule has 0 amide bonds. The van der Waals surface area contributed by atoms with Crippen LogP contribution >= 0.6 is 0 Å². The Balaban J connectivity index is 2.04. The van der Waals surface area contributed by atoms with Crippen LogP contribution in [0.15, 0.2) is 0 Å². The van der Waals surface area contributed by atoms with Gasteiger partial charge >= 0.3 is 11.9 Å². The van der Waals surface area contributed by atoms with E-state index in [9.17, 15) is 0 Å². The van der Waals surface area contributed by atoms with Crippen LogP contribution in [0.1, 0.15) is 13.8 Å². The third kappa shape index (κ3) is 3.76. The Morgan fingerprint density at radius 2 is 1.16 bits per heavy atom. The van der Waals surface area contributed by atoms with Crippen molar-refractivity contribution in [2.75, 3.05) is 84.7 Å². The van der Waals surface area contributed by atoms with Gasteiger partial charge in [0.15, 0.2) is 0 Å². The minimum absolute atomic E-state index is 0.709. The fourth-order valence-electron chi connectivity index (χ4n) is 3.37. The van der Waals surface area contributed by atoms with Gasteiger partial charge in [0.05, 0.1) is 40.5 Å². The average Bonchev–Trinajstić information content (AvgIpc) is 2.64. The molecule has 0 unspecified atom stereocenters. The molecule has 1 aromatic rings. The second-order valence-electron chi connectivity index (χ2n) is 7.32. The Bertz CT molecular complexity index is 538. The fourth-order valence-corrected chi connectivity index (χ4v) is 3.37. The molecule has 0 aliphatic carbocycles. The van der Waals surface area contributed by atoms with E-state index in [1.807, 2.05) is 0 Å². The summed E-state index contributed by atoms with van der Waals surface area (Å²) in [7, 11) is 4.40. The summed E-state index contributed by atoms with van der Waals surface area (Å²) in [5.74, 6) is 2.52. The van der Waals surface area contributed by atoms with Crippen LogP contribution < -0.4 is 13.9 Å². The first kappa shape index (κ1) is 18.4. The van der Waals surface area contributed by atoms with Crippen LogP contribution in [0.5, 0.6) is 0 Å². The van der Waals surface area contributed by atoms with Gasteiger partial charge in [-0.3, -0.25) is 8.97 Å². The highest BCUT2D eigenvalue weighted by molar-refractivity contribution is 5.43. The highest BCUT2D eigenvalue weighted by atomic mass is 16.5. The van der Waals surface area contributed by atoms with Crippen molar-refractivity contribution in [3.63, 3.8) is 0 Å². The lowest BCUT2D eigenvalue weighted by Crippen LogP contribution is -2.56. The van der Waals surface area contributed by atoms with Gasteiger partial charge in [0.1, 0.15) is 26.2 Å². The van der Waals surface area contributed by atoms with Crippen molar-refractivity contribution in [1.82, 2.24) is 23.9 Å². The van der Waals surface area contributed by atoms with Crippen molar-refractivity contribution in [3.8, 4) is 0 Å². The number of aromatic nitrogens is 3. The smallest absolute Gasteiger partial charge is 0.338 e. The monoisotopic (exact) mass is 352 g/mol. The lowest BCUT2D eigenvalue weighted by Gasteiger charge is -2.37. The van der Waals surface area contributed by atoms with E-state index in [0.717, 1.165) is 83.5 Å². The molecule has 0 bridgehead atoms. The van der Waals surface area contributed by atoms with E-state index in [1.165, 1.54) is 0 Å². The molecule has 3 heterocycles. The molecule has 140 valence electrons. The van der Waals surface area contributed by atoms with Crippen LogP contribution in [0, 0.1) is 0 Å². The number of morpholine rings is 2. The largest absolute Gasteiger partial charge is 0.370 e. The molecule has 25 heavy (non-hydrogen) atoms. The molecule has 0 N–H and O–H groups in total. The first-order chi connectivity index (χ1) is 12.0. The highest BCUT2D eigenvalue weighted by Crippen LogP contribution is 2.27. The molecule has 2 fully saturated rings. The highest BCUT2D eigenvalue weighted by Gasteiger charge is 2.38. The maximum Gasteiger partial charge on any atom is 0.338 e. The van der Waals surface area contributed by atoms with E-state index < -0.39 is 0 Å². The van der Waals surface area contributed by atoms with Gasteiger partial charge in [0.2, 0.25) is 5.95 Å². The van der Waals surface area contributed by atoms with Crippen molar-refractivity contribution in [1.29, 1.82) is 0 Å². The minimum atomic E-state index is 0.709. The van der Waals surface area contributed by atoms with Crippen LogP contribution in [-0.4, -0.2) is 94.7 Å². The molecule has 1 aromatic heterocycles. The Morgan fingerprint density at radius 3 is 1.52 bits per heavy atom. The summed E-state index contributed by atoms with van der Waals surface area (Å²) in [6.45, 7) is 12.6. The molecular weight excluding hydrogens is 320 g/mol. The summed E-state index contributed by atoms with van der Waals surface area (Å²) in [6.07, 6.45) is 0. The maximum absolute atomic E-state index is 5.56. The Morgan fingerprint density at radius 1 is 0.760 bits per heavy atom. The van der Waals surface area contributed by atoms with Crippen LogP contribution in [0.25, 0.3) is 0 Å². The lowest BCUT2D eigenvalue weighted by molar-refractivity contribution is 0.0453. The zero-order valence-electron chi connectivity index (χ0n) is 16.1. The number of hydrogen-bond acceptors (Lipinski definition) is 6. The predicted octanol–water partition coefficient (Wildman–Crippen LogP) is 0.652. The number of anilines is 1. The molecule has 8 nitrogen and oxygen atoms in total. The van der Waals surface area contributed by atoms with Crippen LogP contribution in [0.4, 0.5) is 17.8 Å². The summed E-state index contributed by atoms with van der Waals surface area (Å²) < 4.78 is 12.5. The number of rotatable bonds is 5. The molecule has 3 rings (SSSR count). The van der Waals surface area contributed by atoms with Crippen molar-refractivity contribution in [2.45, 2.75) is 13.8 Å². The average molecular weight is 352 g/mol.